The zero-order valence-electron chi connectivity index (χ0n) is 17.4. The fraction of sp³-hybridized carbons (Fsp3) is 0.182. The predicted molar refractivity (Wildman–Crippen MR) is 123 cm³/mol. The van der Waals surface area contributed by atoms with Crippen LogP contribution in [-0.2, 0) is 6.42 Å². The van der Waals surface area contributed by atoms with E-state index in [0.29, 0.717) is 32.4 Å². The first-order valence-corrected chi connectivity index (χ1v) is 10.6. The average Bonchev–Trinajstić information content (AvgIpc) is 3.08. The Labute approximate surface area is 191 Å². The molecule has 2 aromatic carbocycles. The molecule has 0 saturated heterocycles. The molecule has 0 bridgehead atoms. The molecule has 4 rings (SSSR count). The smallest absolute Gasteiger partial charge is 0.296 e. The number of ether oxygens (including phenoxy) is 3. The molecule has 0 amide bonds. The highest BCUT2D eigenvalue weighted by Gasteiger charge is 2.15. The van der Waals surface area contributed by atoms with Crippen molar-refractivity contribution in [2.75, 3.05) is 21.3 Å². The van der Waals surface area contributed by atoms with Crippen LogP contribution in [0.2, 0.25) is 5.02 Å². The van der Waals surface area contributed by atoms with E-state index in [4.69, 9.17) is 25.8 Å². The van der Waals surface area contributed by atoms with Gasteiger partial charge in [-0.15, -0.1) is 0 Å². The summed E-state index contributed by atoms with van der Waals surface area (Å²) >= 11 is 7.26. The first kappa shape index (κ1) is 21.8. The highest BCUT2D eigenvalue weighted by atomic mass is 35.5. The Morgan fingerprint density at radius 1 is 1.06 bits per heavy atom. The molecule has 164 valence electrons. The van der Waals surface area contributed by atoms with Crippen LogP contribution in [0.15, 0.2) is 46.0 Å². The van der Waals surface area contributed by atoms with Gasteiger partial charge in [-0.25, -0.2) is 0 Å². The molecule has 2 heterocycles. The van der Waals surface area contributed by atoms with Crippen molar-refractivity contribution in [2.24, 2.45) is 0 Å². The third-order valence-corrected chi connectivity index (χ3v) is 6.08. The number of benzene rings is 2. The molecule has 0 aliphatic carbocycles. The maximum absolute atomic E-state index is 13.0. The van der Waals surface area contributed by atoms with E-state index in [2.05, 4.69) is 10.1 Å². The van der Waals surface area contributed by atoms with E-state index < -0.39 is 5.56 Å². The summed E-state index contributed by atoms with van der Waals surface area (Å²) < 4.78 is 17.5. The zero-order chi connectivity index (χ0) is 22.8. The number of hydrogen-bond acceptors (Lipinski definition) is 8. The van der Waals surface area contributed by atoms with Crippen molar-refractivity contribution in [1.29, 1.82) is 0 Å². The lowest BCUT2D eigenvalue weighted by molar-refractivity contribution is 0.324. The Kier molecular flexibility index (Phi) is 6.11. The summed E-state index contributed by atoms with van der Waals surface area (Å²) in [5.41, 5.74) is 0.650. The molecule has 0 unspecified atom stereocenters. The second-order valence-electron chi connectivity index (χ2n) is 6.70. The third kappa shape index (κ3) is 4.04. The van der Waals surface area contributed by atoms with Gasteiger partial charge in [-0.2, -0.15) is 14.6 Å². The molecule has 10 heteroatoms. The Bertz CT molecular complexity index is 1460. The van der Waals surface area contributed by atoms with Gasteiger partial charge in [-0.1, -0.05) is 41.1 Å². The van der Waals surface area contributed by atoms with Gasteiger partial charge in [0.1, 0.15) is 5.69 Å². The number of fused-ring (bicyclic) bond motifs is 1. The van der Waals surface area contributed by atoms with Crippen molar-refractivity contribution in [3.8, 4) is 17.2 Å². The van der Waals surface area contributed by atoms with Crippen LogP contribution in [0.1, 0.15) is 16.8 Å². The summed E-state index contributed by atoms with van der Waals surface area (Å²) in [6.45, 7) is 0. The van der Waals surface area contributed by atoms with Gasteiger partial charge in [0.05, 0.1) is 25.9 Å². The van der Waals surface area contributed by atoms with Crippen molar-refractivity contribution >= 4 is 34.0 Å². The summed E-state index contributed by atoms with van der Waals surface area (Å²) in [6.07, 6.45) is 1.84. The average molecular weight is 472 g/mol. The van der Waals surface area contributed by atoms with E-state index in [1.165, 1.54) is 21.3 Å². The molecule has 0 aliphatic heterocycles. The number of rotatable bonds is 6. The van der Waals surface area contributed by atoms with Gasteiger partial charge in [0.25, 0.3) is 11.1 Å². The molecule has 8 nitrogen and oxygen atoms in total. The topological polar surface area (TPSA) is 92.0 Å². The maximum Gasteiger partial charge on any atom is 0.296 e. The van der Waals surface area contributed by atoms with Crippen LogP contribution in [0, 0.1) is 0 Å². The molecule has 0 aliphatic rings. The Hall–Kier alpha value is -3.43. The molecule has 32 heavy (non-hydrogen) atoms. The minimum atomic E-state index is -0.495. The second-order valence-corrected chi connectivity index (χ2v) is 8.12. The van der Waals surface area contributed by atoms with E-state index in [1.54, 1.807) is 36.4 Å². The molecule has 2 aromatic heterocycles. The van der Waals surface area contributed by atoms with Crippen LogP contribution in [0.25, 0.3) is 11.0 Å². The number of halogens is 1. The summed E-state index contributed by atoms with van der Waals surface area (Å²) in [7, 11) is 4.54. The Morgan fingerprint density at radius 2 is 1.75 bits per heavy atom. The normalized spacial score (nSPS) is 11.7. The molecule has 0 N–H and O–H groups in total. The molecule has 0 saturated carbocycles. The second kappa shape index (κ2) is 8.97. The van der Waals surface area contributed by atoms with Gasteiger partial charge in [0.15, 0.2) is 11.5 Å². The standard InChI is InChI=1S/C22H18ClN3O5S/c1-29-16-8-12(9-17(30-2)19(16)31-3)10-18-21(28)26-22(32-18)24-20(27)15(25-26)11-13-6-4-5-7-14(13)23/h4-10H,11H2,1-3H3. The number of hydrogen-bond donors (Lipinski definition) is 0. The van der Waals surface area contributed by atoms with Crippen molar-refractivity contribution < 1.29 is 14.2 Å². The van der Waals surface area contributed by atoms with Gasteiger partial charge in [-0.05, 0) is 35.4 Å². The summed E-state index contributed by atoms with van der Waals surface area (Å²) in [4.78, 5) is 29.7. The number of methoxy groups -OCH3 is 3. The fourth-order valence-corrected chi connectivity index (χ4v) is 4.32. The Morgan fingerprint density at radius 3 is 2.38 bits per heavy atom. The van der Waals surface area contributed by atoms with Crippen molar-refractivity contribution in [1.82, 2.24) is 14.6 Å². The van der Waals surface area contributed by atoms with E-state index in [1.807, 2.05) is 6.07 Å². The van der Waals surface area contributed by atoms with E-state index >= 15 is 0 Å². The summed E-state index contributed by atoms with van der Waals surface area (Å²) in [6, 6.07) is 10.6. The first-order valence-electron chi connectivity index (χ1n) is 9.43. The number of thiazole rings is 1. The van der Waals surface area contributed by atoms with Crippen LogP contribution >= 0.6 is 22.9 Å². The van der Waals surface area contributed by atoms with Crippen LogP contribution in [0.3, 0.4) is 0 Å². The molecule has 0 spiro atoms. The zero-order valence-corrected chi connectivity index (χ0v) is 19.0. The molecular weight excluding hydrogens is 454 g/mol. The van der Waals surface area contributed by atoms with Crippen molar-refractivity contribution in [2.45, 2.75) is 6.42 Å². The fourth-order valence-electron chi connectivity index (χ4n) is 3.21. The lowest BCUT2D eigenvalue weighted by atomic mass is 10.1. The molecular formula is C22H18ClN3O5S. The lowest BCUT2D eigenvalue weighted by Gasteiger charge is -2.12. The minimum Gasteiger partial charge on any atom is -0.493 e. The lowest BCUT2D eigenvalue weighted by Crippen LogP contribution is -2.28. The quantitative estimate of drug-likeness (QED) is 0.426. The summed E-state index contributed by atoms with van der Waals surface area (Å²) in [5, 5.41) is 4.78. The van der Waals surface area contributed by atoms with E-state index in [0.717, 1.165) is 21.4 Å². The van der Waals surface area contributed by atoms with Crippen LogP contribution < -0.4 is 29.9 Å². The highest BCUT2D eigenvalue weighted by molar-refractivity contribution is 7.15. The van der Waals surface area contributed by atoms with Gasteiger partial charge in [0, 0.05) is 11.4 Å². The van der Waals surface area contributed by atoms with Gasteiger partial charge < -0.3 is 14.2 Å². The van der Waals surface area contributed by atoms with Crippen LogP contribution in [-0.4, -0.2) is 35.9 Å². The first-order chi connectivity index (χ1) is 15.4. The minimum absolute atomic E-state index is 0.143. The van der Waals surface area contributed by atoms with Gasteiger partial charge in [-0.3, -0.25) is 9.59 Å². The van der Waals surface area contributed by atoms with Crippen LogP contribution in [0.4, 0.5) is 0 Å². The van der Waals surface area contributed by atoms with E-state index in [9.17, 15) is 9.59 Å². The van der Waals surface area contributed by atoms with E-state index in [-0.39, 0.29) is 22.6 Å². The Balaban J connectivity index is 1.83. The van der Waals surface area contributed by atoms with Crippen LogP contribution in [0.5, 0.6) is 17.2 Å². The molecule has 4 aromatic rings. The number of aromatic nitrogens is 3. The summed E-state index contributed by atoms with van der Waals surface area (Å²) in [5.74, 6) is 1.36. The van der Waals surface area contributed by atoms with Crippen molar-refractivity contribution in [3.63, 3.8) is 0 Å². The largest absolute Gasteiger partial charge is 0.493 e. The molecule has 0 fully saturated rings. The molecule has 0 atom stereocenters. The molecule has 0 radical (unpaired) electrons. The SMILES string of the molecule is COc1cc(C=c2sc3nc(=O)c(Cc4ccccc4Cl)nn3c2=O)cc(OC)c1OC. The van der Waals surface area contributed by atoms with Gasteiger partial charge in [0.2, 0.25) is 10.7 Å². The highest BCUT2D eigenvalue weighted by Crippen LogP contribution is 2.38. The third-order valence-electron chi connectivity index (χ3n) is 4.75. The van der Waals surface area contributed by atoms with Gasteiger partial charge >= 0.3 is 0 Å². The maximum atomic E-state index is 13.0. The van der Waals surface area contributed by atoms with Crippen molar-refractivity contribution in [3.05, 3.63) is 83.5 Å². The number of nitrogens with zero attached hydrogens (tertiary/aromatic N) is 3. The predicted octanol–water partition coefficient (Wildman–Crippen LogP) is 2.33. The monoisotopic (exact) mass is 471 g/mol.